The molecule has 0 saturated heterocycles. The molecule has 0 unspecified atom stereocenters. The first kappa shape index (κ1) is 17.4. The molecular weight excluding hydrogens is 358 g/mol. The van der Waals surface area contributed by atoms with Crippen molar-refractivity contribution in [3.63, 3.8) is 0 Å². The summed E-state index contributed by atoms with van der Waals surface area (Å²) in [5, 5.41) is 1.63. The van der Waals surface area contributed by atoms with E-state index < -0.39 is 47.4 Å². The SMILES string of the molecule is O=C(COC(=O)c1ccc2nc[nH]c2c1)Nc1c(F)c(F)cc(F)c1F. The highest BCUT2D eigenvalue weighted by Gasteiger charge is 2.21. The van der Waals surface area contributed by atoms with E-state index >= 15 is 0 Å². The minimum atomic E-state index is -1.77. The summed E-state index contributed by atoms with van der Waals surface area (Å²) in [6.07, 6.45) is 1.43. The molecule has 0 fully saturated rings. The Balaban J connectivity index is 1.66. The van der Waals surface area contributed by atoms with Gasteiger partial charge in [0.1, 0.15) is 5.69 Å². The number of rotatable bonds is 4. The number of ether oxygens (including phenoxy) is 1. The number of hydrogen-bond donors (Lipinski definition) is 2. The number of halogens is 4. The summed E-state index contributed by atoms with van der Waals surface area (Å²) in [7, 11) is 0. The molecule has 0 aliphatic rings. The first-order chi connectivity index (χ1) is 12.4. The van der Waals surface area contributed by atoms with Crippen LogP contribution < -0.4 is 5.32 Å². The molecule has 2 N–H and O–H groups in total. The Hall–Kier alpha value is -3.43. The Morgan fingerprint density at radius 2 is 1.77 bits per heavy atom. The normalized spacial score (nSPS) is 10.8. The van der Waals surface area contributed by atoms with Gasteiger partial charge in [-0.3, -0.25) is 4.79 Å². The maximum absolute atomic E-state index is 13.5. The van der Waals surface area contributed by atoms with E-state index in [0.717, 1.165) is 0 Å². The molecule has 0 bridgehead atoms. The Morgan fingerprint density at radius 3 is 2.46 bits per heavy atom. The van der Waals surface area contributed by atoms with Crippen LogP contribution in [0.25, 0.3) is 11.0 Å². The van der Waals surface area contributed by atoms with Gasteiger partial charge in [-0.15, -0.1) is 0 Å². The third kappa shape index (κ3) is 3.34. The average Bonchev–Trinajstić information content (AvgIpc) is 3.09. The van der Waals surface area contributed by atoms with Gasteiger partial charge >= 0.3 is 5.97 Å². The van der Waals surface area contributed by atoms with Crippen LogP contribution in [0.5, 0.6) is 0 Å². The molecule has 0 aliphatic heterocycles. The number of nitrogens with zero attached hydrogens (tertiary/aromatic N) is 1. The number of fused-ring (bicyclic) bond motifs is 1. The van der Waals surface area contributed by atoms with Crippen LogP contribution in [0.3, 0.4) is 0 Å². The average molecular weight is 367 g/mol. The Kier molecular flexibility index (Phi) is 4.57. The van der Waals surface area contributed by atoms with Gasteiger partial charge in [0.2, 0.25) is 0 Å². The number of nitrogens with one attached hydrogen (secondary N) is 2. The van der Waals surface area contributed by atoms with E-state index in [-0.39, 0.29) is 11.6 Å². The largest absolute Gasteiger partial charge is 0.452 e. The Bertz CT molecular complexity index is 993. The topological polar surface area (TPSA) is 84.1 Å². The van der Waals surface area contributed by atoms with Crippen LogP contribution in [-0.2, 0) is 9.53 Å². The van der Waals surface area contributed by atoms with Gasteiger partial charge in [-0.2, -0.15) is 0 Å². The second-order valence-electron chi connectivity index (χ2n) is 5.10. The summed E-state index contributed by atoms with van der Waals surface area (Å²) < 4.78 is 57.8. The summed E-state index contributed by atoms with van der Waals surface area (Å²) in [5.74, 6) is -8.96. The van der Waals surface area contributed by atoms with Crippen LogP contribution in [-0.4, -0.2) is 28.5 Å². The van der Waals surface area contributed by atoms with Crippen molar-refractivity contribution in [1.29, 1.82) is 0 Å². The molecule has 134 valence electrons. The molecule has 2 aromatic carbocycles. The summed E-state index contributed by atoms with van der Waals surface area (Å²) in [6, 6.07) is 4.39. The minimum absolute atomic E-state index is 0.00590. The number of H-pyrrole nitrogens is 1. The number of imidazole rings is 1. The summed E-state index contributed by atoms with van der Waals surface area (Å²) in [6.45, 7) is -0.920. The van der Waals surface area contributed by atoms with E-state index in [1.807, 2.05) is 0 Å². The van der Waals surface area contributed by atoms with Crippen LogP contribution >= 0.6 is 0 Å². The molecule has 3 rings (SSSR count). The lowest BCUT2D eigenvalue weighted by molar-refractivity contribution is -0.119. The fraction of sp³-hybridized carbons (Fsp3) is 0.0625. The zero-order valence-corrected chi connectivity index (χ0v) is 12.8. The van der Waals surface area contributed by atoms with Gasteiger partial charge in [0.05, 0.1) is 22.9 Å². The molecule has 10 heteroatoms. The number of amides is 1. The predicted molar refractivity (Wildman–Crippen MR) is 81.3 cm³/mol. The fourth-order valence-electron chi connectivity index (χ4n) is 2.14. The third-order valence-electron chi connectivity index (χ3n) is 3.37. The van der Waals surface area contributed by atoms with Crippen LogP contribution in [0.1, 0.15) is 10.4 Å². The van der Waals surface area contributed by atoms with E-state index in [2.05, 4.69) is 9.97 Å². The predicted octanol–water partition coefficient (Wildman–Crippen LogP) is 2.91. The number of aromatic amines is 1. The van der Waals surface area contributed by atoms with E-state index in [9.17, 15) is 27.2 Å². The molecule has 1 amide bonds. The first-order valence-electron chi connectivity index (χ1n) is 7.10. The van der Waals surface area contributed by atoms with Gasteiger partial charge in [0.25, 0.3) is 5.91 Å². The number of esters is 1. The number of aromatic nitrogens is 2. The standard InChI is InChI=1S/C16H9F4N3O3/c17-8-4-9(18)14(20)15(13(8)19)23-12(24)5-26-16(25)7-1-2-10-11(3-7)22-6-21-10/h1-4,6H,5H2,(H,21,22)(H,23,24). The molecule has 6 nitrogen and oxygen atoms in total. The lowest BCUT2D eigenvalue weighted by atomic mass is 10.2. The Labute approximate surface area is 142 Å². The molecule has 1 heterocycles. The second-order valence-corrected chi connectivity index (χ2v) is 5.10. The molecule has 0 radical (unpaired) electrons. The van der Waals surface area contributed by atoms with Crippen molar-refractivity contribution in [2.45, 2.75) is 0 Å². The van der Waals surface area contributed by atoms with Crippen molar-refractivity contribution in [2.75, 3.05) is 11.9 Å². The number of hydrogen-bond acceptors (Lipinski definition) is 4. The monoisotopic (exact) mass is 367 g/mol. The number of anilines is 1. The summed E-state index contributed by atoms with van der Waals surface area (Å²) in [5.41, 5.74) is -0.0345. The van der Waals surface area contributed by atoms with E-state index in [1.54, 1.807) is 11.4 Å². The van der Waals surface area contributed by atoms with E-state index in [1.165, 1.54) is 18.5 Å². The van der Waals surface area contributed by atoms with Crippen molar-refractivity contribution in [2.24, 2.45) is 0 Å². The molecule has 26 heavy (non-hydrogen) atoms. The number of benzene rings is 2. The highest BCUT2D eigenvalue weighted by Crippen LogP contribution is 2.24. The van der Waals surface area contributed by atoms with E-state index in [4.69, 9.17) is 4.74 Å². The van der Waals surface area contributed by atoms with Gasteiger partial charge in [0.15, 0.2) is 29.9 Å². The van der Waals surface area contributed by atoms with Gasteiger partial charge in [-0.05, 0) is 18.2 Å². The van der Waals surface area contributed by atoms with Crippen molar-refractivity contribution < 1.29 is 31.9 Å². The van der Waals surface area contributed by atoms with Crippen molar-refractivity contribution in [3.05, 3.63) is 59.4 Å². The minimum Gasteiger partial charge on any atom is -0.452 e. The molecule has 0 aliphatic carbocycles. The zero-order chi connectivity index (χ0) is 18.8. The van der Waals surface area contributed by atoms with Gasteiger partial charge in [0, 0.05) is 6.07 Å². The second kappa shape index (κ2) is 6.82. The van der Waals surface area contributed by atoms with Crippen LogP contribution in [0.15, 0.2) is 30.6 Å². The maximum Gasteiger partial charge on any atom is 0.338 e. The van der Waals surface area contributed by atoms with Crippen molar-refractivity contribution in [3.8, 4) is 0 Å². The molecule has 0 atom stereocenters. The Morgan fingerprint density at radius 1 is 1.08 bits per heavy atom. The number of carbonyl (C=O) groups is 2. The van der Waals surface area contributed by atoms with E-state index in [0.29, 0.717) is 11.0 Å². The maximum atomic E-state index is 13.5. The third-order valence-corrected chi connectivity index (χ3v) is 3.37. The highest BCUT2D eigenvalue weighted by molar-refractivity contribution is 5.97. The van der Waals surface area contributed by atoms with Crippen molar-refractivity contribution in [1.82, 2.24) is 9.97 Å². The van der Waals surface area contributed by atoms with Gasteiger partial charge in [-0.25, -0.2) is 27.3 Å². The molecule has 0 spiro atoms. The van der Waals surface area contributed by atoms with Crippen LogP contribution in [0.4, 0.5) is 23.2 Å². The first-order valence-corrected chi connectivity index (χ1v) is 7.10. The zero-order valence-electron chi connectivity index (χ0n) is 12.8. The molecule has 1 aromatic heterocycles. The fourth-order valence-corrected chi connectivity index (χ4v) is 2.14. The van der Waals surface area contributed by atoms with Gasteiger partial charge < -0.3 is 15.0 Å². The lowest BCUT2D eigenvalue weighted by Crippen LogP contribution is -2.22. The smallest absolute Gasteiger partial charge is 0.338 e. The molecule has 3 aromatic rings. The van der Waals surface area contributed by atoms with Gasteiger partial charge in [-0.1, -0.05) is 0 Å². The van der Waals surface area contributed by atoms with Crippen LogP contribution in [0.2, 0.25) is 0 Å². The quantitative estimate of drug-likeness (QED) is 0.422. The number of carbonyl (C=O) groups excluding carboxylic acids is 2. The van der Waals surface area contributed by atoms with Crippen LogP contribution in [0, 0.1) is 23.3 Å². The molecule has 0 saturated carbocycles. The van der Waals surface area contributed by atoms with Crippen molar-refractivity contribution >= 4 is 28.6 Å². The lowest BCUT2D eigenvalue weighted by Gasteiger charge is -2.09. The summed E-state index contributed by atoms with van der Waals surface area (Å²) >= 11 is 0. The highest BCUT2D eigenvalue weighted by atomic mass is 19.2. The molecular formula is C16H9F4N3O3. The summed E-state index contributed by atoms with van der Waals surface area (Å²) in [4.78, 5) is 30.3.